The van der Waals surface area contributed by atoms with Crippen LogP contribution in [0.2, 0.25) is 0 Å². The van der Waals surface area contributed by atoms with Gasteiger partial charge in [0.05, 0.1) is 16.6 Å². The van der Waals surface area contributed by atoms with Crippen LogP contribution in [-0.2, 0) is 6.42 Å². The maximum Gasteiger partial charge on any atom is 0.259 e. The van der Waals surface area contributed by atoms with Gasteiger partial charge in [-0.2, -0.15) is 0 Å². The van der Waals surface area contributed by atoms with E-state index in [1.165, 1.54) is 0 Å². The van der Waals surface area contributed by atoms with Crippen LogP contribution in [0.4, 0.5) is 0 Å². The summed E-state index contributed by atoms with van der Waals surface area (Å²) < 4.78 is 5.44. The molecule has 0 radical (unpaired) electrons. The van der Waals surface area contributed by atoms with E-state index in [9.17, 15) is 4.79 Å². The maximum absolute atomic E-state index is 13.0. The van der Waals surface area contributed by atoms with Crippen molar-refractivity contribution in [2.45, 2.75) is 64.8 Å². The minimum atomic E-state index is -0.106. The van der Waals surface area contributed by atoms with Gasteiger partial charge in [-0.3, -0.25) is 4.79 Å². The van der Waals surface area contributed by atoms with E-state index in [1.807, 2.05) is 6.07 Å². The van der Waals surface area contributed by atoms with E-state index in [0.717, 1.165) is 48.9 Å². The number of amides is 1. The molecule has 2 aromatic heterocycles. The van der Waals surface area contributed by atoms with Gasteiger partial charge in [0.1, 0.15) is 0 Å². The average molecular weight is 381 g/mol. The second-order valence-electron chi connectivity index (χ2n) is 7.46. The highest BCUT2D eigenvalue weighted by atomic mass is 35.5. The fraction of sp³-hybridized carbons (Fsp3) is 0.632. The molecule has 0 aliphatic heterocycles. The molecule has 2 aromatic rings. The van der Waals surface area contributed by atoms with Crippen LogP contribution >= 0.6 is 12.4 Å². The molecule has 0 saturated heterocycles. The molecular formula is C19H29ClN4O2. The van der Waals surface area contributed by atoms with Crippen molar-refractivity contribution in [2.24, 2.45) is 11.7 Å². The SMILES string of the molecule is CCCc1noc2nc(C3CC3)cc(C(=O)NC(CN)CC(C)C)c12.Cl. The lowest BCUT2D eigenvalue weighted by Crippen LogP contribution is -2.41. The van der Waals surface area contributed by atoms with E-state index in [-0.39, 0.29) is 24.4 Å². The van der Waals surface area contributed by atoms with Crippen LogP contribution in [0.3, 0.4) is 0 Å². The molecule has 1 saturated carbocycles. The first-order valence-electron chi connectivity index (χ1n) is 9.33. The summed E-state index contributed by atoms with van der Waals surface area (Å²) in [6.07, 6.45) is 4.80. The van der Waals surface area contributed by atoms with Crippen LogP contribution in [0.25, 0.3) is 11.1 Å². The first-order valence-corrected chi connectivity index (χ1v) is 9.33. The molecule has 6 nitrogen and oxygen atoms in total. The smallest absolute Gasteiger partial charge is 0.259 e. The number of hydrogen-bond acceptors (Lipinski definition) is 5. The highest BCUT2D eigenvalue weighted by Crippen LogP contribution is 2.40. The first-order chi connectivity index (χ1) is 12.0. The fourth-order valence-electron chi connectivity index (χ4n) is 3.25. The Morgan fingerprint density at radius 1 is 1.42 bits per heavy atom. The Kier molecular flexibility index (Phi) is 7.01. The topological polar surface area (TPSA) is 94.0 Å². The lowest BCUT2D eigenvalue weighted by atomic mass is 10.0. The second-order valence-corrected chi connectivity index (χ2v) is 7.46. The highest BCUT2D eigenvalue weighted by molar-refractivity contribution is 6.06. The van der Waals surface area contributed by atoms with E-state index >= 15 is 0 Å². The largest absolute Gasteiger partial charge is 0.348 e. The number of aromatic nitrogens is 2. The molecular weight excluding hydrogens is 352 g/mol. The summed E-state index contributed by atoms with van der Waals surface area (Å²) in [4.78, 5) is 17.6. The van der Waals surface area contributed by atoms with Crippen molar-refractivity contribution >= 4 is 29.4 Å². The van der Waals surface area contributed by atoms with E-state index in [2.05, 4.69) is 36.2 Å². The van der Waals surface area contributed by atoms with Crippen LogP contribution in [0.5, 0.6) is 0 Å². The molecule has 7 heteroatoms. The molecule has 3 rings (SSSR count). The van der Waals surface area contributed by atoms with Gasteiger partial charge in [0.15, 0.2) is 0 Å². The third-order valence-corrected chi connectivity index (χ3v) is 4.64. The second kappa shape index (κ2) is 8.82. The van der Waals surface area contributed by atoms with E-state index in [0.29, 0.717) is 29.7 Å². The molecule has 0 spiro atoms. The van der Waals surface area contributed by atoms with Crippen molar-refractivity contribution < 1.29 is 9.32 Å². The molecule has 1 atom stereocenters. The zero-order chi connectivity index (χ0) is 18.0. The van der Waals surface area contributed by atoms with Gasteiger partial charge >= 0.3 is 0 Å². The van der Waals surface area contributed by atoms with Crippen molar-refractivity contribution in [1.82, 2.24) is 15.5 Å². The number of carbonyl (C=O) groups excluding carboxylic acids is 1. The predicted molar refractivity (Wildman–Crippen MR) is 105 cm³/mol. The van der Waals surface area contributed by atoms with E-state index in [4.69, 9.17) is 10.3 Å². The van der Waals surface area contributed by atoms with Crippen molar-refractivity contribution in [3.05, 3.63) is 23.0 Å². The molecule has 1 amide bonds. The summed E-state index contributed by atoms with van der Waals surface area (Å²) in [6, 6.07) is 1.89. The van der Waals surface area contributed by atoms with Crippen LogP contribution in [0, 0.1) is 5.92 Å². The maximum atomic E-state index is 13.0. The van der Waals surface area contributed by atoms with Gasteiger partial charge in [-0.1, -0.05) is 32.3 Å². The number of nitrogens with zero attached hydrogens (tertiary/aromatic N) is 2. The van der Waals surface area contributed by atoms with Crippen molar-refractivity contribution in [3.63, 3.8) is 0 Å². The summed E-state index contributed by atoms with van der Waals surface area (Å²) >= 11 is 0. The highest BCUT2D eigenvalue weighted by Gasteiger charge is 2.29. The van der Waals surface area contributed by atoms with Gasteiger partial charge in [0.2, 0.25) is 0 Å². The lowest BCUT2D eigenvalue weighted by Gasteiger charge is -2.19. The fourth-order valence-corrected chi connectivity index (χ4v) is 3.25. The minimum Gasteiger partial charge on any atom is -0.348 e. The zero-order valence-electron chi connectivity index (χ0n) is 15.7. The molecule has 0 aromatic carbocycles. The molecule has 144 valence electrons. The quantitative estimate of drug-likeness (QED) is 0.729. The van der Waals surface area contributed by atoms with Gasteiger partial charge in [0.25, 0.3) is 11.6 Å². The molecule has 1 aliphatic carbocycles. The number of aryl methyl sites for hydroxylation is 1. The molecule has 0 bridgehead atoms. The van der Waals surface area contributed by atoms with Gasteiger partial charge in [0, 0.05) is 24.2 Å². The molecule has 1 fully saturated rings. The van der Waals surface area contributed by atoms with Gasteiger partial charge < -0.3 is 15.6 Å². The third kappa shape index (κ3) is 4.54. The van der Waals surface area contributed by atoms with Crippen molar-refractivity contribution in [1.29, 1.82) is 0 Å². The number of rotatable bonds is 8. The van der Waals surface area contributed by atoms with Crippen molar-refractivity contribution in [2.75, 3.05) is 6.54 Å². The number of fused-ring (bicyclic) bond motifs is 1. The number of nitrogens with two attached hydrogens (primary N) is 1. The Morgan fingerprint density at radius 2 is 2.15 bits per heavy atom. The van der Waals surface area contributed by atoms with Crippen LogP contribution < -0.4 is 11.1 Å². The molecule has 1 aliphatic rings. The molecule has 1 unspecified atom stereocenters. The van der Waals surface area contributed by atoms with Gasteiger partial charge in [-0.25, -0.2) is 4.98 Å². The van der Waals surface area contributed by atoms with Gasteiger partial charge in [-0.05, 0) is 37.7 Å². The monoisotopic (exact) mass is 380 g/mol. The Labute approximate surface area is 160 Å². The summed E-state index contributed by atoms with van der Waals surface area (Å²) in [5.74, 6) is 0.808. The number of carbonyl (C=O) groups is 1. The lowest BCUT2D eigenvalue weighted by molar-refractivity contribution is 0.0935. The Bertz CT molecular complexity index is 755. The molecule has 3 N–H and O–H groups in total. The first kappa shape index (κ1) is 20.6. The summed E-state index contributed by atoms with van der Waals surface area (Å²) in [5.41, 5.74) is 8.70. The average Bonchev–Trinajstić information content (AvgIpc) is 3.35. The number of hydrogen-bond donors (Lipinski definition) is 2. The predicted octanol–water partition coefficient (Wildman–Crippen LogP) is 3.58. The van der Waals surface area contributed by atoms with Gasteiger partial charge in [-0.15, -0.1) is 12.4 Å². The summed E-state index contributed by atoms with van der Waals surface area (Å²) in [5, 5.41) is 8.00. The number of nitrogens with one attached hydrogen (secondary N) is 1. The number of pyridine rings is 1. The molecule has 26 heavy (non-hydrogen) atoms. The normalized spacial score (nSPS) is 15.1. The minimum absolute atomic E-state index is 0. The third-order valence-electron chi connectivity index (χ3n) is 4.64. The Hall–Kier alpha value is -1.66. The molecule has 2 heterocycles. The van der Waals surface area contributed by atoms with Crippen LogP contribution in [-0.4, -0.2) is 28.6 Å². The Balaban J connectivity index is 0.00000243. The van der Waals surface area contributed by atoms with Crippen LogP contribution in [0.15, 0.2) is 10.6 Å². The summed E-state index contributed by atoms with van der Waals surface area (Å²) in [6.45, 7) is 6.77. The Morgan fingerprint density at radius 3 is 2.73 bits per heavy atom. The van der Waals surface area contributed by atoms with E-state index in [1.54, 1.807) is 0 Å². The van der Waals surface area contributed by atoms with E-state index < -0.39 is 0 Å². The van der Waals surface area contributed by atoms with Crippen molar-refractivity contribution in [3.8, 4) is 0 Å². The number of halogens is 1. The van der Waals surface area contributed by atoms with Crippen LogP contribution in [0.1, 0.15) is 74.1 Å². The zero-order valence-corrected chi connectivity index (χ0v) is 16.6. The summed E-state index contributed by atoms with van der Waals surface area (Å²) in [7, 11) is 0. The standard InChI is InChI=1S/C19H28N4O2.ClH/c1-4-5-15-17-14(18(24)21-13(10-20)8-11(2)3)9-16(12-6-7-12)22-19(17)25-23-15;/h9,11-13H,4-8,10,20H2,1-3H3,(H,21,24);1H.